The zero-order chi connectivity index (χ0) is 16.0. The lowest BCUT2D eigenvalue weighted by molar-refractivity contribution is -0.570. The van der Waals surface area contributed by atoms with E-state index in [1.807, 2.05) is 0 Å². The Morgan fingerprint density at radius 3 is 2.29 bits per heavy atom. The molecular formula is C13H16N2O6. The van der Waals surface area contributed by atoms with Crippen molar-refractivity contribution in [1.82, 2.24) is 0 Å². The molecule has 0 unspecified atom stereocenters. The average Bonchev–Trinajstić information content (AvgIpc) is 2.44. The minimum absolute atomic E-state index is 0.0394. The first kappa shape index (κ1) is 16.5. The number of nitrogens with zero attached hydrogens (tertiary/aromatic N) is 2. The normalized spacial score (nSPS) is 14.8. The van der Waals surface area contributed by atoms with Gasteiger partial charge in [-0.2, -0.15) is 0 Å². The molecule has 114 valence electrons. The van der Waals surface area contributed by atoms with Gasteiger partial charge in [0.2, 0.25) is 6.54 Å². The first-order chi connectivity index (χ1) is 9.83. The van der Waals surface area contributed by atoms with Crippen LogP contribution in [0, 0.1) is 20.2 Å². The van der Waals surface area contributed by atoms with Gasteiger partial charge in [0, 0.05) is 16.8 Å². The lowest BCUT2D eigenvalue weighted by atomic mass is 9.81. The number of benzene rings is 1. The molecule has 0 radical (unpaired) electrons. The van der Waals surface area contributed by atoms with Crippen molar-refractivity contribution in [3.63, 3.8) is 0 Å². The van der Waals surface area contributed by atoms with Crippen molar-refractivity contribution >= 4 is 5.97 Å². The van der Waals surface area contributed by atoms with Crippen LogP contribution in [0.25, 0.3) is 0 Å². The van der Waals surface area contributed by atoms with Crippen molar-refractivity contribution in [1.29, 1.82) is 0 Å². The standard InChI is InChI=1S/C13H16N2O6/c1-3-21-12(16)13(2,15(19)20)11(9-14(17)18)10-7-5-4-6-8-10/h4-8,11H,3,9H2,1-2H3/t11-,13-/m1/s1. The Bertz CT molecular complexity index is 533. The highest BCUT2D eigenvalue weighted by molar-refractivity contribution is 5.80. The number of carbonyl (C=O) groups excluding carboxylic acids is 1. The third-order valence-corrected chi connectivity index (χ3v) is 3.28. The summed E-state index contributed by atoms with van der Waals surface area (Å²) in [7, 11) is 0. The second-order valence-electron chi connectivity index (χ2n) is 4.60. The van der Waals surface area contributed by atoms with Crippen LogP contribution in [0.15, 0.2) is 30.3 Å². The molecule has 0 aliphatic heterocycles. The van der Waals surface area contributed by atoms with E-state index in [2.05, 4.69) is 0 Å². The van der Waals surface area contributed by atoms with E-state index in [9.17, 15) is 25.0 Å². The maximum Gasteiger partial charge on any atom is 0.385 e. The summed E-state index contributed by atoms with van der Waals surface area (Å²) in [6, 6.07) is 7.94. The Morgan fingerprint density at radius 2 is 1.86 bits per heavy atom. The number of hydrogen-bond donors (Lipinski definition) is 0. The second-order valence-corrected chi connectivity index (χ2v) is 4.60. The Hall–Kier alpha value is -2.51. The van der Waals surface area contributed by atoms with Gasteiger partial charge in [0.15, 0.2) is 0 Å². The summed E-state index contributed by atoms with van der Waals surface area (Å²) in [6.07, 6.45) is 0. The molecule has 0 spiro atoms. The molecule has 0 saturated carbocycles. The summed E-state index contributed by atoms with van der Waals surface area (Å²) >= 11 is 0. The van der Waals surface area contributed by atoms with E-state index in [0.717, 1.165) is 6.92 Å². The zero-order valence-corrected chi connectivity index (χ0v) is 11.7. The molecule has 0 aromatic heterocycles. The number of esters is 1. The minimum atomic E-state index is -2.22. The van der Waals surface area contributed by atoms with Gasteiger partial charge in [-0.3, -0.25) is 20.2 Å². The van der Waals surface area contributed by atoms with Crippen LogP contribution >= 0.6 is 0 Å². The van der Waals surface area contributed by atoms with Gasteiger partial charge >= 0.3 is 11.5 Å². The number of nitro groups is 2. The Balaban J connectivity index is 3.34. The third kappa shape index (κ3) is 3.53. The van der Waals surface area contributed by atoms with Crippen LogP contribution < -0.4 is 0 Å². The molecule has 0 bridgehead atoms. The molecule has 8 nitrogen and oxygen atoms in total. The highest BCUT2D eigenvalue weighted by atomic mass is 16.6. The van der Waals surface area contributed by atoms with Gasteiger partial charge in [-0.05, 0) is 12.5 Å². The predicted octanol–water partition coefficient (Wildman–Crippen LogP) is 1.65. The van der Waals surface area contributed by atoms with Crippen molar-refractivity contribution in [2.45, 2.75) is 25.3 Å². The first-order valence-electron chi connectivity index (χ1n) is 6.32. The maximum atomic E-state index is 12.0. The Morgan fingerprint density at radius 1 is 1.29 bits per heavy atom. The second kappa shape index (κ2) is 6.78. The predicted molar refractivity (Wildman–Crippen MR) is 73.1 cm³/mol. The van der Waals surface area contributed by atoms with Gasteiger partial charge in [-0.25, -0.2) is 4.79 Å². The highest BCUT2D eigenvalue weighted by Gasteiger charge is 2.57. The monoisotopic (exact) mass is 296 g/mol. The van der Waals surface area contributed by atoms with Crippen molar-refractivity contribution in [3.8, 4) is 0 Å². The van der Waals surface area contributed by atoms with Crippen LogP contribution in [-0.4, -0.2) is 34.5 Å². The van der Waals surface area contributed by atoms with Gasteiger partial charge in [-0.15, -0.1) is 0 Å². The first-order valence-corrected chi connectivity index (χ1v) is 6.32. The zero-order valence-electron chi connectivity index (χ0n) is 11.7. The molecule has 0 aliphatic rings. The largest absolute Gasteiger partial charge is 0.461 e. The lowest BCUT2D eigenvalue weighted by Crippen LogP contribution is -2.51. The van der Waals surface area contributed by atoms with Crippen LogP contribution in [-0.2, 0) is 9.53 Å². The van der Waals surface area contributed by atoms with Gasteiger partial charge in [0.1, 0.15) is 5.92 Å². The molecule has 0 heterocycles. The molecule has 2 atom stereocenters. The topological polar surface area (TPSA) is 113 Å². The number of hydrogen-bond acceptors (Lipinski definition) is 6. The van der Waals surface area contributed by atoms with Crippen LogP contribution in [0.5, 0.6) is 0 Å². The fraction of sp³-hybridized carbons (Fsp3) is 0.462. The van der Waals surface area contributed by atoms with Crippen molar-refractivity contribution < 1.29 is 19.4 Å². The molecule has 1 aromatic carbocycles. The molecule has 8 heteroatoms. The summed E-state index contributed by atoms with van der Waals surface area (Å²) in [5.41, 5.74) is -1.87. The van der Waals surface area contributed by atoms with Gasteiger partial charge in [0.05, 0.1) is 6.61 Å². The van der Waals surface area contributed by atoms with Crippen LogP contribution in [0.2, 0.25) is 0 Å². The van der Waals surface area contributed by atoms with E-state index in [-0.39, 0.29) is 6.61 Å². The van der Waals surface area contributed by atoms with Crippen molar-refractivity contribution in [2.75, 3.05) is 13.2 Å². The van der Waals surface area contributed by atoms with E-state index in [4.69, 9.17) is 4.74 Å². The van der Waals surface area contributed by atoms with Crippen LogP contribution in [0.3, 0.4) is 0 Å². The van der Waals surface area contributed by atoms with Gasteiger partial charge in [0.25, 0.3) is 0 Å². The lowest BCUT2D eigenvalue weighted by Gasteiger charge is -2.25. The Labute approximate surface area is 121 Å². The number of ether oxygens (including phenoxy) is 1. The van der Waals surface area contributed by atoms with E-state index in [1.165, 1.54) is 19.1 Å². The van der Waals surface area contributed by atoms with E-state index in [0.29, 0.717) is 5.56 Å². The van der Waals surface area contributed by atoms with Crippen molar-refractivity contribution in [3.05, 3.63) is 56.1 Å². The fourth-order valence-electron chi connectivity index (χ4n) is 2.06. The van der Waals surface area contributed by atoms with Gasteiger partial charge in [-0.1, -0.05) is 30.3 Å². The molecule has 21 heavy (non-hydrogen) atoms. The fourth-order valence-corrected chi connectivity index (χ4v) is 2.06. The molecule has 1 aromatic rings. The Kier molecular flexibility index (Phi) is 5.34. The number of carbonyl (C=O) groups is 1. The number of rotatable bonds is 7. The van der Waals surface area contributed by atoms with Gasteiger partial charge < -0.3 is 4.74 Å². The summed E-state index contributed by atoms with van der Waals surface area (Å²) in [5, 5.41) is 22.3. The smallest absolute Gasteiger partial charge is 0.385 e. The molecule has 1 rings (SSSR count). The maximum absolute atomic E-state index is 12.0. The SMILES string of the molecule is CCOC(=O)[C@@](C)([C@H](C[N+](=O)[O-])c1ccccc1)[N+](=O)[O-]. The van der Waals surface area contributed by atoms with Crippen LogP contribution in [0.4, 0.5) is 0 Å². The molecule has 0 amide bonds. The molecule has 0 aliphatic carbocycles. The summed E-state index contributed by atoms with van der Waals surface area (Å²) in [4.78, 5) is 32.8. The quantitative estimate of drug-likeness (QED) is 0.429. The van der Waals surface area contributed by atoms with Crippen molar-refractivity contribution in [2.24, 2.45) is 0 Å². The summed E-state index contributed by atoms with van der Waals surface area (Å²) in [5.74, 6) is -2.30. The summed E-state index contributed by atoms with van der Waals surface area (Å²) < 4.78 is 4.75. The van der Waals surface area contributed by atoms with E-state index < -0.39 is 33.8 Å². The molecule has 0 saturated heterocycles. The van der Waals surface area contributed by atoms with Crippen LogP contribution in [0.1, 0.15) is 25.3 Å². The summed E-state index contributed by atoms with van der Waals surface area (Å²) in [6.45, 7) is 1.80. The highest BCUT2D eigenvalue weighted by Crippen LogP contribution is 2.32. The van der Waals surface area contributed by atoms with E-state index >= 15 is 0 Å². The molecular weight excluding hydrogens is 280 g/mol. The average molecular weight is 296 g/mol. The van der Waals surface area contributed by atoms with E-state index in [1.54, 1.807) is 18.2 Å². The minimum Gasteiger partial charge on any atom is -0.461 e. The molecule has 0 N–H and O–H groups in total. The third-order valence-electron chi connectivity index (χ3n) is 3.28. The molecule has 0 fully saturated rings.